The summed E-state index contributed by atoms with van der Waals surface area (Å²) < 4.78 is 24.9. The summed E-state index contributed by atoms with van der Waals surface area (Å²) in [5.41, 5.74) is 0.255. The number of rotatable bonds is 5. The van der Waals surface area contributed by atoms with Crippen molar-refractivity contribution in [2.24, 2.45) is 0 Å². The van der Waals surface area contributed by atoms with Gasteiger partial charge in [-0.2, -0.15) is 5.26 Å². The van der Waals surface area contributed by atoms with E-state index in [9.17, 15) is 4.39 Å². The molecule has 0 fully saturated rings. The van der Waals surface area contributed by atoms with Gasteiger partial charge in [-0.05, 0) is 36.8 Å². The molecule has 0 amide bonds. The summed E-state index contributed by atoms with van der Waals surface area (Å²) in [6, 6.07) is 13.1. The summed E-state index contributed by atoms with van der Waals surface area (Å²) in [4.78, 5) is 0. The average Bonchev–Trinajstić information content (AvgIpc) is 2.48. The molecule has 0 bridgehead atoms. The Labute approximate surface area is 117 Å². The van der Waals surface area contributed by atoms with E-state index in [1.54, 1.807) is 18.2 Å². The van der Waals surface area contributed by atoms with E-state index in [4.69, 9.17) is 14.7 Å². The molecule has 0 saturated carbocycles. The number of benzene rings is 2. The lowest BCUT2D eigenvalue weighted by molar-refractivity contribution is 0.300. The van der Waals surface area contributed by atoms with Crippen LogP contribution < -0.4 is 9.47 Å². The Morgan fingerprint density at radius 1 is 1.10 bits per heavy atom. The van der Waals surface area contributed by atoms with Gasteiger partial charge in [-0.25, -0.2) is 4.39 Å². The summed E-state index contributed by atoms with van der Waals surface area (Å²) in [6.07, 6.45) is 0.875. The molecule has 0 aliphatic rings. The van der Waals surface area contributed by atoms with Gasteiger partial charge in [0.05, 0.1) is 18.2 Å². The number of ether oxygens (including phenoxy) is 2. The molecular weight excluding hydrogens is 257 g/mol. The van der Waals surface area contributed by atoms with Gasteiger partial charge in [0.2, 0.25) is 0 Å². The van der Waals surface area contributed by atoms with Crippen LogP contribution in [0.25, 0.3) is 0 Å². The molecule has 0 saturated heterocycles. The van der Waals surface area contributed by atoms with E-state index in [-0.39, 0.29) is 11.3 Å². The van der Waals surface area contributed by atoms with Gasteiger partial charge in [0.15, 0.2) is 23.1 Å². The van der Waals surface area contributed by atoms with Crippen LogP contribution in [0.4, 0.5) is 4.39 Å². The molecule has 20 heavy (non-hydrogen) atoms. The van der Waals surface area contributed by atoms with Crippen molar-refractivity contribution >= 4 is 0 Å². The maximum atomic E-state index is 13.8. The smallest absolute Gasteiger partial charge is 0.169 e. The first-order valence-electron chi connectivity index (χ1n) is 6.34. The van der Waals surface area contributed by atoms with Crippen LogP contribution in [0.1, 0.15) is 18.9 Å². The third kappa shape index (κ3) is 3.27. The Hall–Kier alpha value is -2.54. The summed E-state index contributed by atoms with van der Waals surface area (Å²) in [5, 5.41) is 8.71. The molecule has 102 valence electrons. The van der Waals surface area contributed by atoms with Crippen molar-refractivity contribution in [2.45, 2.75) is 13.3 Å². The minimum atomic E-state index is -0.575. The number of hydrogen-bond donors (Lipinski definition) is 0. The van der Waals surface area contributed by atoms with E-state index in [0.29, 0.717) is 18.1 Å². The van der Waals surface area contributed by atoms with Crippen molar-refractivity contribution in [2.75, 3.05) is 6.61 Å². The lowest BCUT2D eigenvalue weighted by Gasteiger charge is -2.12. The van der Waals surface area contributed by atoms with Crippen LogP contribution in [0.2, 0.25) is 0 Å². The van der Waals surface area contributed by atoms with Gasteiger partial charge in [-0.15, -0.1) is 0 Å². The Bertz CT molecular complexity index is 635. The van der Waals surface area contributed by atoms with Gasteiger partial charge in [-0.1, -0.05) is 19.1 Å². The number of hydrogen-bond acceptors (Lipinski definition) is 3. The molecule has 3 nitrogen and oxygen atoms in total. The molecule has 2 rings (SSSR count). The molecule has 0 radical (unpaired) electrons. The second kappa shape index (κ2) is 6.58. The maximum absolute atomic E-state index is 13.8. The molecule has 0 aliphatic carbocycles. The van der Waals surface area contributed by atoms with Crippen LogP contribution in [0.15, 0.2) is 42.5 Å². The zero-order valence-corrected chi connectivity index (χ0v) is 11.1. The SMILES string of the molecule is CCCOc1ccccc1Oc1ccc(C#N)cc1F. The van der Waals surface area contributed by atoms with Crippen molar-refractivity contribution in [1.29, 1.82) is 5.26 Å². The Morgan fingerprint density at radius 3 is 2.50 bits per heavy atom. The van der Waals surface area contributed by atoms with E-state index in [0.717, 1.165) is 12.5 Å². The van der Waals surface area contributed by atoms with Gasteiger partial charge >= 0.3 is 0 Å². The molecule has 0 unspecified atom stereocenters. The summed E-state index contributed by atoms with van der Waals surface area (Å²) >= 11 is 0. The fraction of sp³-hybridized carbons (Fsp3) is 0.188. The predicted molar refractivity (Wildman–Crippen MR) is 73.4 cm³/mol. The molecule has 2 aromatic rings. The largest absolute Gasteiger partial charge is 0.490 e. The van der Waals surface area contributed by atoms with Crippen molar-refractivity contribution in [3.63, 3.8) is 0 Å². The number of nitriles is 1. The number of halogens is 1. The topological polar surface area (TPSA) is 42.2 Å². The van der Waals surface area contributed by atoms with Gasteiger partial charge in [-0.3, -0.25) is 0 Å². The minimum Gasteiger partial charge on any atom is -0.490 e. The monoisotopic (exact) mass is 271 g/mol. The van der Waals surface area contributed by atoms with Gasteiger partial charge in [0, 0.05) is 0 Å². The number of nitrogens with zero attached hydrogens (tertiary/aromatic N) is 1. The van der Waals surface area contributed by atoms with Crippen LogP contribution in [-0.2, 0) is 0 Å². The molecule has 0 N–H and O–H groups in total. The van der Waals surface area contributed by atoms with Crippen molar-refractivity contribution < 1.29 is 13.9 Å². The summed E-state index contributed by atoms with van der Waals surface area (Å²) in [5.74, 6) is 0.508. The normalized spacial score (nSPS) is 9.85. The van der Waals surface area contributed by atoms with Crippen LogP contribution >= 0.6 is 0 Å². The van der Waals surface area contributed by atoms with Crippen molar-refractivity contribution in [3.8, 4) is 23.3 Å². The zero-order chi connectivity index (χ0) is 14.4. The highest BCUT2D eigenvalue weighted by Gasteiger charge is 2.09. The first-order chi connectivity index (χ1) is 9.74. The highest BCUT2D eigenvalue weighted by Crippen LogP contribution is 2.32. The second-order valence-electron chi connectivity index (χ2n) is 4.15. The van der Waals surface area contributed by atoms with E-state index < -0.39 is 5.82 Å². The summed E-state index contributed by atoms with van der Waals surface area (Å²) in [7, 11) is 0. The Kier molecular flexibility index (Phi) is 4.56. The molecule has 0 aliphatic heterocycles. The van der Waals surface area contributed by atoms with E-state index >= 15 is 0 Å². The highest BCUT2D eigenvalue weighted by molar-refractivity contribution is 5.44. The van der Waals surface area contributed by atoms with Crippen molar-refractivity contribution in [3.05, 3.63) is 53.8 Å². The Balaban J connectivity index is 2.24. The number of para-hydroxylation sites is 2. The predicted octanol–water partition coefficient (Wildman–Crippen LogP) is 4.28. The van der Waals surface area contributed by atoms with E-state index in [1.165, 1.54) is 12.1 Å². The van der Waals surface area contributed by atoms with Gasteiger partial charge < -0.3 is 9.47 Å². The van der Waals surface area contributed by atoms with Crippen LogP contribution in [0.5, 0.6) is 17.2 Å². The fourth-order valence-corrected chi connectivity index (χ4v) is 1.64. The average molecular weight is 271 g/mol. The lowest BCUT2D eigenvalue weighted by Crippen LogP contribution is -1.98. The van der Waals surface area contributed by atoms with Crippen LogP contribution in [-0.4, -0.2) is 6.61 Å². The van der Waals surface area contributed by atoms with Crippen LogP contribution in [0, 0.1) is 17.1 Å². The molecular formula is C16H14FNO2. The zero-order valence-electron chi connectivity index (χ0n) is 11.1. The van der Waals surface area contributed by atoms with E-state index in [1.807, 2.05) is 19.1 Å². The fourth-order valence-electron chi connectivity index (χ4n) is 1.64. The third-order valence-electron chi connectivity index (χ3n) is 2.59. The Morgan fingerprint density at radius 2 is 1.85 bits per heavy atom. The first kappa shape index (κ1) is 13.9. The molecule has 4 heteroatoms. The molecule has 0 heterocycles. The summed E-state index contributed by atoms with van der Waals surface area (Å²) in [6.45, 7) is 2.57. The highest BCUT2D eigenvalue weighted by atomic mass is 19.1. The van der Waals surface area contributed by atoms with Crippen molar-refractivity contribution in [1.82, 2.24) is 0 Å². The van der Waals surface area contributed by atoms with Gasteiger partial charge in [0.1, 0.15) is 0 Å². The maximum Gasteiger partial charge on any atom is 0.169 e. The first-order valence-corrected chi connectivity index (χ1v) is 6.34. The van der Waals surface area contributed by atoms with Gasteiger partial charge in [0.25, 0.3) is 0 Å². The third-order valence-corrected chi connectivity index (χ3v) is 2.59. The molecule has 0 aromatic heterocycles. The standard InChI is InChI=1S/C16H14FNO2/c1-2-9-19-15-5-3-4-6-16(15)20-14-8-7-12(11-18)10-13(14)17/h3-8,10H,2,9H2,1H3. The molecule has 2 aromatic carbocycles. The minimum absolute atomic E-state index is 0.0662. The van der Waals surface area contributed by atoms with Crippen LogP contribution in [0.3, 0.4) is 0 Å². The molecule has 0 atom stereocenters. The quantitative estimate of drug-likeness (QED) is 0.815. The van der Waals surface area contributed by atoms with E-state index in [2.05, 4.69) is 0 Å². The molecule has 0 spiro atoms. The lowest BCUT2D eigenvalue weighted by atomic mass is 10.2. The second-order valence-corrected chi connectivity index (χ2v) is 4.15.